The molecule has 2 aliphatic heterocycles. The number of ether oxygens (including phenoxy) is 1. The number of rotatable bonds is 4. The number of cyclic esters (lactones) is 1. The highest BCUT2D eigenvalue weighted by atomic mass is 19.1. The molecule has 0 aromatic heterocycles. The van der Waals surface area contributed by atoms with Crippen LogP contribution in [0.1, 0.15) is 13.3 Å². The molecule has 8 heteroatoms. The van der Waals surface area contributed by atoms with Gasteiger partial charge in [0.25, 0.3) is 0 Å². The van der Waals surface area contributed by atoms with E-state index >= 15 is 0 Å². The van der Waals surface area contributed by atoms with Gasteiger partial charge in [-0.3, -0.25) is 9.69 Å². The van der Waals surface area contributed by atoms with Crippen LogP contribution in [0.2, 0.25) is 0 Å². The van der Waals surface area contributed by atoms with Crippen LogP contribution in [-0.4, -0.2) is 44.3 Å². The topological polar surface area (TPSA) is 85.7 Å². The van der Waals surface area contributed by atoms with E-state index in [0.717, 1.165) is 6.42 Å². The summed E-state index contributed by atoms with van der Waals surface area (Å²) >= 11 is 0. The van der Waals surface area contributed by atoms with Crippen LogP contribution in [0.15, 0.2) is 18.2 Å². The van der Waals surface area contributed by atoms with Crippen molar-refractivity contribution in [2.24, 2.45) is 5.92 Å². The highest BCUT2D eigenvalue weighted by molar-refractivity contribution is 5.90. The number of anilines is 2. The highest BCUT2D eigenvalue weighted by Crippen LogP contribution is 2.30. The van der Waals surface area contributed by atoms with Crippen molar-refractivity contribution >= 4 is 23.4 Å². The molecule has 0 unspecified atom stereocenters. The van der Waals surface area contributed by atoms with Gasteiger partial charge in [-0.15, -0.1) is 0 Å². The number of hydrogen-bond acceptors (Lipinski definition) is 5. The van der Waals surface area contributed by atoms with E-state index < -0.39 is 18.0 Å². The molecule has 1 aromatic carbocycles. The predicted molar refractivity (Wildman–Crippen MR) is 88.6 cm³/mol. The third-order valence-electron chi connectivity index (χ3n) is 4.41. The molecule has 132 valence electrons. The lowest BCUT2D eigenvalue weighted by atomic mass is 10.1. The van der Waals surface area contributed by atoms with Crippen molar-refractivity contribution in [2.75, 3.05) is 36.0 Å². The number of halogens is 1. The van der Waals surface area contributed by atoms with E-state index in [1.165, 1.54) is 17.9 Å². The first kappa shape index (κ1) is 17.0. The average Bonchev–Trinajstić information content (AvgIpc) is 3.19. The number of nitrogens with one attached hydrogen (secondary N) is 1. The third kappa shape index (κ3) is 3.65. The van der Waals surface area contributed by atoms with Crippen molar-refractivity contribution < 1.29 is 18.7 Å². The first-order valence-corrected chi connectivity index (χ1v) is 8.14. The standard InChI is InChI=1S/C17H19FN4O3/c1-11(23)20-8-14-10-22(17(24)25-14)13-2-3-16(15(18)6-13)21-5-4-12(7-19)9-21/h2-3,6,12,14H,4-5,8-10H2,1H3,(H,20,23)/t12-,14+/m1/s1. The van der Waals surface area contributed by atoms with Gasteiger partial charge in [-0.25, -0.2) is 9.18 Å². The Labute approximate surface area is 144 Å². The summed E-state index contributed by atoms with van der Waals surface area (Å²) in [5, 5.41) is 11.6. The van der Waals surface area contributed by atoms with E-state index in [9.17, 15) is 14.0 Å². The van der Waals surface area contributed by atoms with E-state index in [1.54, 1.807) is 12.1 Å². The second kappa shape index (κ2) is 6.97. The first-order chi connectivity index (χ1) is 12.0. The first-order valence-electron chi connectivity index (χ1n) is 8.14. The lowest BCUT2D eigenvalue weighted by molar-refractivity contribution is -0.119. The molecule has 2 saturated heterocycles. The number of nitrogens with zero attached hydrogens (tertiary/aromatic N) is 3. The summed E-state index contributed by atoms with van der Waals surface area (Å²) in [6.45, 7) is 3.01. The molecule has 2 atom stereocenters. The Bertz CT molecular complexity index is 733. The molecule has 0 bridgehead atoms. The monoisotopic (exact) mass is 346 g/mol. The minimum Gasteiger partial charge on any atom is -0.442 e. The van der Waals surface area contributed by atoms with Crippen molar-refractivity contribution in [3.63, 3.8) is 0 Å². The van der Waals surface area contributed by atoms with Crippen LogP contribution in [-0.2, 0) is 9.53 Å². The molecule has 2 amide bonds. The van der Waals surface area contributed by atoms with Crippen LogP contribution >= 0.6 is 0 Å². The zero-order valence-corrected chi connectivity index (χ0v) is 13.9. The molecular weight excluding hydrogens is 327 g/mol. The van der Waals surface area contributed by atoms with Gasteiger partial charge in [0.1, 0.15) is 11.9 Å². The third-order valence-corrected chi connectivity index (χ3v) is 4.41. The summed E-state index contributed by atoms with van der Waals surface area (Å²) in [6, 6.07) is 6.80. The largest absolute Gasteiger partial charge is 0.442 e. The molecule has 1 N–H and O–H groups in total. The van der Waals surface area contributed by atoms with E-state index in [2.05, 4.69) is 11.4 Å². The Morgan fingerprint density at radius 1 is 1.48 bits per heavy atom. The van der Waals surface area contributed by atoms with Crippen LogP contribution < -0.4 is 15.1 Å². The normalized spacial score (nSPS) is 22.7. The lowest BCUT2D eigenvalue weighted by Crippen LogP contribution is -2.33. The van der Waals surface area contributed by atoms with E-state index in [-0.39, 0.29) is 24.9 Å². The van der Waals surface area contributed by atoms with Crippen molar-refractivity contribution in [3.05, 3.63) is 24.0 Å². The second-order valence-electron chi connectivity index (χ2n) is 6.25. The Kier molecular flexibility index (Phi) is 4.74. The molecule has 7 nitrogen and oxygen atoms in total. The summed E-state index contributed by atoms with van der Waals surface area (Å²) in [4.78, 5) is 26.1. The SMILES string of the molecule is CC(=O)NC[C@H]1CN(c2ccc(N3CC[C@H](C#N)C3)c(F)c2)C(=O)O1. The summed E-state index contributed by atoms with van der Waals surface area (Å²) in [5.74, 6) is -0.720. The Morgan fingerprint density at radius 3 is 2.92 bits per heavy atom. The summed E-state index contributed by atoms with van der Waals surface area (Å²) in [5.41, 5.74) is 0.844. The average molecular weight is 346 g/mol. The second-order valence-corrected chi connectivity index (χ2v) is 6.25. The lowest BCUT2D eigenvalue weighted by Gasteiger charge is -2.20. The Balaban J connectivity index is 1.69. The molecule has 0 radical (unpaired) electrons. The Hall–Kier alpha value is -2.82. The van der Waals surface area contributed by atoms with E-state index in [0.29, 0.717) is 24.5 Å². The number of hydrogen-bond donors (Lipinski definition) is 1. The summed E-state index contributed by atoms with van der Waals surface area (Å²) in [7, 11) is 0. The zero-order chi connectivity index (χ0) is 18.0. The fraction of sp³-hybridized carbons (Fsp3) is 0.471. The van der Waals surface area contributed by atoms with Gasteiger partial charge in [0.15, 0.2) is 0 Å². The number of benzene rings is 1. The van der Waals surface area contributed by atoms with Crippen molar-refractivity contribution in [3.8, 4) is 6.07 Å². The van der Waals surface area contributed by atoms with Gasteiger partial charge in [0.2, 0.25) is 5.91 Å². The van der Waals surface area contributed by atoms with Gasteiger partial charge in [-0.05, 0) is 24.6 Å². The van der Waals surface area contributed by atoms with E-state index in [4.69, 9.17) is 10.00 Å². The Morgan fingerprint density at radius 2 is 2.28 bits per heavy atom. The van der Waals surface area contributed by atoms with Gasteiger partial charge >= 0.3 is 6.09 Å². The smallest absolute Gasteiger partial charge is 0.414 e. The molecule has 0 aliphatic carbocycles. The van der Waals surface area contributed by atoms with Crippen LogP contribution in [0.5, 0.6) is 0 Å². The highest BCUT2D eigenvalue weighted by Gasteiger charge is 2.33. The molecule has 3 rings (SSSR count). The molecule has 0 saturated carbocycles. The van der Waals surface area contributed by atoms with Crippen molar-refractivity contribution in [2.45, 2.75) is 19.4 Å². The molecule has 2 heterocycles. The fourth-order valence-electron chi connectivity index (χ4n) is 3.10. The zero-order valence-electron chi connectivity index (χ0n) is 13.9. The number of carbonyl (C=O) groups excluding carboxylic acids is 2. The van der Waals surface area contributed by atoms with Gasteiger partial charge < -0.3 is 15.0 Å². The van der Waals surface area contributed by atoms with Crippen LogP contribution in [0, 0.1) is 23.1 Å². The fourth-order valence-corrected chi connectivity index (χ4v) is 3.10. The van der Waals surface area contributed by atoms with Crippen molar-refractivity contribution in [1.29, 1.82) is 5.26 Å². The molecular formula is C17H19FN4O3. The maximum Gasteiger partial charge on any atom is 0.414 e. The molecule has 2 aliphatic rings. The summed E-state index contributed by atoms with van der Waals surface area (Å²) < 4.78 is 19.7. The van der Waals surface area contributed by atoms with Crippen LogP contribution in [0.25, 0.3) is 0 Å². The minimum atomic E-state index is -0.562. The minimum absolute atomic E-state index is 0.0813. The predicted octanol–water partition coefficient (Wildman–Crippen LogP) is 1.64. The molecule has 1 aromatic rings. The van der Waals surface area contributed by atoms with Gasteiger partial charge in [0, 0.05) is 20.0 Å². The molecule has 25 heavy (non-hydrogen) atoms. The maximum atomic E-state index is 14.5. The van der Waals surface area contributed by atoms with Crippen LogP contribution in [0.4, 0.5) is 20.6 Å². The number of nitriles is 1. The summed E-state index contributed by atoms with van der Waals surface area (Å²) in [6.07, 6.45) is -0.302. The van der Waals surface area contributed by atoms with Gasteiger partial charge in [-0.2, -0.15) is 5.26 Å². The number of carbonyl (C=O) groups is 2. The van der Waals surface area contributed by atoms with Gasteiger partial charge in [0.05, 0.1) is 36.5 Å². The molecule has 2 fully saturated rings. The quantitative estimate of drug-likeness (QED) is 0.896. The molecule has 0 spiro atoms. The van der Waals surface area contributed by atoms with Gasteiger partial charge in [-0.1, -0.05) is 0 Å². The van der Waals surface area contributed by atoms with Crippen LogP contribution in [0.3, 0.4) is 0 Å². The van der Waals surface area contributed by atoms with E-state index in [1.807, 2.05) is 4.90 Å². The van der Waals surface area contributed by atoms with Crippen molar-refractivity contribution in [1.82, 2.24) is 5.32 Å². The maximum absolute atomic E-state index is 14.5. The number of amides is 2.